The van der Waals surface area contributed by atoms with Gasteiger partial charge in [-0.2, -0.15) is 4.31 Å². The van der Waals surface area contributed by atoms with Crippen molar-refractivity contribution >= 4 is 38.7 Å². The van der Waals surface area contributed by atoms with Crippen LogP contribution in [0.1, 0.15) is 58.8 Å². The summed E-state index contributed by atoms with van der Waals surface area (Å²) < 4.78 is 34.5. The molecule has 5 rings (SSSR count). The number of nitrogens with zero attached hydrogens (tertiary/aromatic N) is 2. The topological polar surface area (TPSA) is 128 Å². The minimum atomic E-state index is -4.11. The van der Waals surface area contributed by atoms with Crippen molar-refractivity contribution in [2.24, 2.45) is 0 Å². The van der Waals surface area contributed by atoms with Crippen molar-refractivity contribution < 1.29 is 18.3 Å². The van der Waals surface area contributed by atoms with Crippen LogP contribution in [0.15, 0.2) is 26.6 Å². The van der Waals surface area contributed by atoms with E-state index in [2.05, 4.69) is 15.5 Å². The molecule has 2 saturated heterocycles. The van der Waals surface area contributed by atoms with Gasteiger partial charge in [0.1, 0.15) is 16.3 Å². The van der Waals surface area contributed by atoms with Gasteiger partial charge in [0, 0.05) is 32.2 Å². The van der Waals surface area contributed by atoms with Crippen LogP contribution in [0, 0.1) is 0 Å². The third-order valence-electron chi connectivity index (χ3n) is 8.45. The first kappa shape index (κ1) is 28.4. The Morgan fingerprint density at radius 2 is 1.72 bits per heavy atom. The summed E-state index contributed by atoms with van der Waals surface area (Å²) in [5.74, 6) is -0.584. The van der Waals surface area contributed by atoms with Crippen molar-refractivity contribution in [2.75, 3.05) is 36.8 Å². The van der Waals surface area contributed by atoms with Gasteiger partial charge in [-0.1, -0.05) is 31.4 Å². The van der Waals surface area contributed by atoms with Gasteiger partial charge in [0.2, 0.25) is 10.0 Å². The van der Waals surface area contributed by atoms with E-state index >= 15 is 0 Å². The molecule has 3 atom stereocenters. The highest BCUT2D eigenvalue weighted by Crippen LogP contribution is 2.40. The van der Waals surface area contributed by atoms with Gasteiger partial charge >= 0.3 is 0 Å². The second-order valence-corrected chi connectivity index (χ2v) is 13.2. The van der Waals surface area contributed by atoms with E-state index in [0.717, 1.165) is 25.7 Å². The summed E-state index contributed by atoms with van der Waals surface area (Å²) in [4.78, 5) is 26.9. The van der Waals surface area contributed by atoms with Crippen LogP contribution in [-0.2, 0) is 14.8 Å². The summed E-state index contributed by atoms with van der Waals surface area (Å²) >= 11 is 6.31. The van der Waals surface area contributed by atoms with Gasteiger partial charge in [-0.3, -0.25) is 14.5 Å². The highest BCUT2D eigenvalue weighted by atomic mass is 35.5. The second kappa shape index (κ2) is 11.4. The summed E-state index contributed by atoms with van der Waals surface area (Å²) in [6.45, 7) is 5.83. The Morgan fingerprint density at radius 1 is 1.05 bits per heavy atom. The molecule has 0 amide bonds. The number of benzene rings is 1. The average molecular weight is 581 g/mol. The number of nitrogens with one attached hydrogen (secondary N) is 2. The van der Waals surface area contributed by atoms with Gasteiger partial charge in [0.05, 0.1) is 29.0 Å². The molecule has 0 spiro atoms. The van der Waals surface area contributed by atoms with E-state index in [0.29, 0.717) is 38.6 Å². The zero-order valence-electron chi connectivity index (χ0n) is 22.4. The molecule has 2 aliphatic heterocycles. The van der Waals surface area contributed by atoms with Gasteiger partial charge in [-0.25, -0.2) is 8.42 Å². The van der Waals surface area contributed by atoms with Crippen molar-refractivity contribution in [3.63, 3.8) is 0 Å². The van der Waals surface area contributed by atoms with Crippen LogP contribution in [0.4, 0.5) is 17.1 Å². The monoisotopic (exact) mass is 580 g/mol. The molecule has 0 radical (unpaired) electrons. The molecule has 0 aromatic heterocycles. The fourth-order valence-corrected chi connectivity index (χ4v) is 8.17. The first-order valence-corrected chi connectivity index (χ1v) is 15.7. The van der Waals surface area contributed by atoms with Gasteiger partial charge in [0.25, 0.3) is 10.9 Å². The van der Waals surface area contributed by atoms with Crippen LogP contribution in [0.3, 0.4) is 0 Å². The lowest BCUT2D eigenvalue weighted by Gasteiger charge is -2.37. The summed E-state index contributed by atoms with van der Waals surface area (Å²) in [7, 11) is -4.11. The molecule has 214 valence electrons. The number of anilines is 3. The third kappa shape index (κ3) is 5.44. The lowest BCUT2D eigenvalue weighted by atomic mass is 10.0. The van der Waals surface area contributed by atoms with E-state index in [1.165, 1.54) is 29.3 Å². The van der Waals surface area contributed by atoms with Crippen molar-refractivity contribution in [3.05, 3.63) is 37.6 Å². The molecule has 3 aliphatic rings. The number of phenols is 1. The molecule has 0 bridgehead atoms. The number of rotatable bonds is 9. The lowest BCUT2D eigenvalue weighted by molar-refractivity contribution is 0.0438. The molecule has 12 heteroatoms. The molecular weight excluding hydrogens is 544 g/mol. The summed E-state index contributed by atoms with van der Waals surface area (Å²) in [5, 5.41) is 16.9. The van der Waals surface area contributed by atoms with Crippen LogP contribution >= 0.6 is 11.6 Å². The molecule has 3 N–H and O–H groups in total. The quantitative estimate of drug-likeness (QED) is 0.302. The van der Waals surface area contributed by atoms with Gasteiger partial charge in [0.15, 0.2) is 5.75 Å². The highest BCUT2D eigenvalue weighted by Gasteiger charge is 2.36. The molecule has 10 nitrogen and oxygen atoms in total. The Morgan fingerprint density at radius 3 is 2.33 bits per heavy atom. The minimum absolute atomic E-state index is 0.0171. The Hall–Kier alpha value is -2.18. The maximum Gasteiger partial charge on any atom is 0.253 e. The fourth-order valence-electron chi connectivity index (χ4n) is 6.16. The molecule has 1 aliphatic carbocycles. The Balaban J connectivity index is 1.35. The van der Waals surface area contributed by atoms with Crippen LogP contribution in [0.5, 0.6) is 5.75 Å². The largest absolute Gasteiger partial charge is 0.504 e. The van der Waals surface area contributed by atoms with Crippen molar-refractivity contribution in [2.45, 2.75) is 88.0 Å². The average Bonchev–Trinajstić information content (AvgIpc) is 3.61. The summed E-state index contributed by atoms with van der Waals surface area (Å²) in [6.07, 6.45) is 7.20. The van der Waals surface area contributed by atoms with Gasteiger partial charge in [-0.05, 0) is 51.2 Å². The number of aromatic hydroxyl groups is 1. The molecule has 2 aromatic carbocycles. The molecule has 2 heterocycles. The number of ether oxygens (including phenoxy) is 1. The highest BCUT2D eigenvalue weighted by molar-refractivity contribution is 7.89. The fraction of sp³-hybridized carbons (Fsp3) is 0.630. The van der Waals surface area contributed by atoms with E-state index in [4.69, 9.17) is 16.3 Å². The van der Waals surface area contributed by atoms with Gasteiger partial charge in [-0.15, -0.1) is 0 Å². The SMILES string of the molecule is CC[C@@H](Nc1c(Nc2ccc(Cl)c(S(=O)(=O)N3CCN(C4CCCC4)CC3)c2O)c(=O)c1=O)[C@H]1CC[C@@H](C)O1. The molecule has 3 fully saturated rings. The molecule has 2 aromatic rings. The number of phenolic OH excluding ortho intramolecular Hbond substituents is 1. The first-order valence-electron chi connectivity index (χ1n) is 13.9. The Kier molecular flexibility index (Phi) is 8.26. The van der Waals surface area contributed by atoms with Crippen molar-refractivity contribution in [1.82, 2.24) is 9.21 Å². The van der Waals surface area contributed by atoms with E-state index < -0.39 is 31.5 Å². The zero-order chi connectivity index (χ0) is 27.9. The molecule has 39 heavy (non-hydrogen) atoms. The minimum Gasteiger partial charge on any atom is -0.504 e. The van der Waals surface area contributed by atoms with Gasteiger partial charge < -0.3 is 20.5 Å². The van der Waals surface area contributed by atoms with E-state index in [-0.39, 0.29) is 40.3 Å². The maximum absolute atomic E-state index is 13.6. The normalized spacial score (nSPS) is 24.4. The Bertz CT molecular complexity index is 1380. The van der Waals surface area contributed by atoms with Crippen molar-refractivity contribution in [1.29, 1.82) is 0 Å². The van der Waals surface area contributed by atoms with E-state index in [9.17, 15) is 23.1 Å². The lowest BCUT2D eigenvalue weighted by Crippen LogP contribution is -2.51. The van der Waals surface area contributed by atoms with E-state index in [1.54, 1.807) is 0 Å². The first-order chi connectivity index (χ1) is 18.6. The Labute approximate surface area is 234 Å². The molecule has 1 saturated carbocycles. The number of halogens is 1. The number of hydrogen-bond donors (Lipinski definition) is 3. The third-order valence-corrected chi connectivity index (χ3v) is 10.8. The van der Waals surface area contributed by atoms with Crippen LogP contribution < -0.4 is 21.5 Å². The van der Waals surface area contributed by atoms with Crippen LogP contribution in [0.2, 0.25) is 5.02 Å². The standard InChI is InChI=1S/C27H37ClN4O6S/c1-3-19(21-11-8-16(2)38-21)29-22-23(26(35)25(22)34)30-20-10-9-18(28)27(24(20)33)39(36,37)32-14-12-31(13-15-32)17-6-4-5-7-17/h9-10,16-17,19,21,29-30,33H,3-8,11-15H2,1-2H3/t16-,19-,21-/m1/s1. The van der Waals surface area contributed by atoms with Crippen molar-refractivity contribution in [3.8, 4) is 5.75 Å². The summed E-state index contributed by atoms with van der Waals surface area (Å²) in [6, 6.07) is 3.10. The summed E-state index contributed by atoms with van der Waals surface area (Å²) in [5.41, 5.74) is -1.33. The second-order valence-electron chi connectivity index (χ2n) is 10.9. The maximum atomic E-state index is 13.6. The number of sulfonamides is 1. The van der Waals surface area contributed by atoms with Crippen LogP contribution in [-0.4, -0.2) is 73.2 Å². The molecular formula is C27H37ClN4O6S. The predicted molar refractivity (Wildman–Crippen MR) is 152 cm³/mol. The van der Waals surface area contributed by atoms with Crippen LogP contribution in [0.25, 0.3) is 0 Å². The molecule has 0 unspecified atom stereocenters. The smallest absolute Gasteiger partial charge is 0.253 e. The zero-order valence-corrected chi connectivity index (χ0v) is 24.0. The number of hydrogen-bond acceptors (Lipinski definition) is 9. The van der Waals surface area contributed by atoms with E-state index in [1.807, 2.05) is 13.8 Å². The number of piperazine rings is 1. The predicted octanol–water partition coefficient (Wildman–Crippen LogP) is 3.39.